The Morgan fingerprint density at radius 1 is 1.44 bits per heavy atom. The molecule has 0 bridgehead atoms. The van der Waals surface area contributed by atoms with Crippen LogP contribution in [0, 0.1) is 5.92 Å². The zero-order valence-corrected chi connectivity index (χ0v) is 11.5. The topological polar surface area (TPSA) is 57.3 Å². The van der Waals surface area contributed by atoms with Gasteiger partial charge in [0.15, 0.2) is 0 Å². The van der Waals surface area contributed by atoms with Gasteiger partial charge in [-0.05, 0) is 18.7 Å². The van der Waals surface area contributed by atoms with E-state index < -0.39 is 0 Å². The van der Waals surface area contributed by atoms with Crippen LogP contribution in [0.4, 0.5) is 5.82 Å². The van der Waals surface area contributed by atoms with Gasteiger partial charge in [0.25, 0.3) is 0 Å². The highest BCUT2D eigenvalue weighted by Gasteiger charge is 2.14. The van der Waals surface area contributed by atoms with E-state index in [-0.39, 0.29) is 11.8 Å². The molecule has 1 atom stereocenters. The van der Waals surface area contributed by atoms with Crippen molar-refractivity contribution < 1.29 is 4.79 Å². The summed E-state index contributed by atoms with van der Waals surface area (Å²) in [6.07, 6.45) is 1.85. The summed E-state index contributed by atoms with van der Waals surface area (Å²) in [7, 11) is 5.51. The minimum absolute atomic E-state index is 0.0497. The molecule has 2 N–H and O–H groups in total. The molecule has 0 aliphatic carbocycles. The smallest absolute Gasteiger partial charge is 0.224 e. The number of carbonyl (C=O) groups excluding carboxylic acids is 1. The van der Waals surface area contributed by atoms with Gasteiger partial charge in [0, 0.05) is 33.4 Å². The van der Waals surface area contributed by atoms with Gasteiger partial charge in [-0.15, -0.1) is 0 Å². The van der Waals surface area contributed by atoms with Crippen LogP contribution in [0.5, 0.6) is 0 Å². The summed E-state index contributed by atoms with van der Waals surface area (Å²) in [4.78, 5) is 17.8. The zero-order chi connectivity index (χ0) is 13.5. The average Bonchev–Trinajstić information content (AvgIpc) is 2.38. The van der Waals surface area contributed by atoms with E-state index in [1.165, 1.54) is 0 Å². The third kappa shape index (κ3) is 4.00. The molecule has 0 saturated heterocycles. The fourth-order valence-corrected chi connectivity index (χ4v) is 1.78. The molecule has 0 fully saturated rings. The van der Waals surface area contributed by atoms with Crippen molar-refractivity contribution in [2.75, 3.05) is 32.6 Å². The van der Waals surface area contributed by atoms with Gasteiger partial charge in [-0.2, -0.15) is 0 Å². The molecule has 1 rings (SSSR count). The van der Waals surface area contributed by atoms with E-state index >= 15 is 0 Å². The first-order chi connectivity index (χ1) is 8.58. The normalized spacial score (nSPS) is 12.0. The van der Waals surface area contributed by atoms with E-state index in [9.17, 15) is 4.79 Å². The van der Waals surface area contributed by atoms with Crippen LogP contribution >= 0.6 is 0 Å². The predicted octanol–water partition coefficient (Wildman–Crippen LogP) is 0.619. The molecular weight excluding hydrogens is 228 g/mol. The minimum atomic E-state index is -0.0567. The van der Waals surface area contributed by atoms with Gasteiger partial charge >= 0.3 is 0 Å². The molecule has 1 heterocycles. The van der Waals surface area contributed by atoms with Crippen LogP contribution < -0.4 is 15.5 Å². The van der Waals surface area contributed by atoms with Crippen LogP contribution in [0.2, 0.25) is 0 Å². The first-order valence-electron chi connectivity index (χ1n) is 6.10. The molecule has 0 aliphatic rings. The van der Waals surface area contributed by atoms with Gasteiger partial charge in [0.1, 0.15) is 5.82 Å². The highest BCUT2D eigenvalue weighted by Crippen LogP contribution is 2.11. The van der Waals surface area contributed by atoms with Crippen LogP contribution in [0.1, 0.15) is 12.5 Å². The minimum Gasteiger partial charge on any atom is -0.359 e. The SMILES string of the molecule is CNCc1ccc(N(C)CC(C)C(=O)NC)nc1. The average molecular weight is 250 g/mol. The van der Waals surface area contributed by atoms with E-state index in [2.05, 4.69) is 15.6 Å². The monoisotopic (exact) mass is 250 g/mol. The molecule has 1 unspecified atom stereocenters. The third-order valence-electron chi connectivity index (χ3n) is 2.82. The molecule has 18 heavy (non-hydrogen) atoms. The van der Waals surface area contributed by atoms with Gasteiger partial charge in [-0.25, -0.2) is 4.98 Å². The molecule has 1 aromatic rings. The van der Waals surface area contributed by atoms with Crippen LogP contribution in [-0.2, 0) is 11.3 Å². The molecule has 100 valence electrons. The Balaban J connectivity index is 2.61. The van der Waals surface area contributed by atoms with Gasteiger partial charge in [0.05, 0.1) is 5.92 Å². The molecule has 0 spiro atoms. The lowest BCUT2D eigenvalue weighted by Gasteiger charge is -2.21. The number of pyridine rings is 1. The van der Waals surface area contributed by atoms with Crippen molar-refractivity contribution in [3.63, 3.8) is 0 Å². The van der Waals surface area contributed by atoms with Crippen molar-refractivity contribution in [2.24, 2.45) is 5.92 Å². The molecule has 5 nitrogen and oxygen atoms in total. The lowest BCUT2D eigenvalue weighted by Crippen LogP contribution is -2.34. The summed E-state index contributed by atoms with van der Waals surface area (Å²) in [6.45, 7) is 3.37. The maximum atomic E-state index is 11.5. The van der Waals surface area contributed by atoms with Crippen LogP contribution in [0.15, 0.2) is 18.3 Å². The molecule has 1 aromatic heterocycles. The van der Waals surface area contributed by atoms with Crippen molar-refractivity contribution in [3.05, 3.63) is 23.9 Å². The largest absolute Gasteiger partial charge is 0.359 e. The predicted molar refractivity (Wildman–Crippen MR) is 73.5 cm³/mol. The second-order valence-electron chi connectivity index (χ2n) is 4.45. The molecular formula is C13H22N4O. The molecule has 0 radical (unpaired) electrons. The fraction of sp³-hybridized carbons (Fsp3) is 0.538. The lowest BCUT2D eigenvalue weighted by molar-refractivity contribution is -0.123. The van der Waals surface area contributed by atoms with Gasteiger partial charge in [0.2, 0.25) is 5.91 Å². The fourth-order valence-electron chi connectivity index (χ4n) is 1.78. The highest BCUT2D eigenvalue weighted by atomic mass is 16.1. The van der Waals surface area contributed by atoms with Crippen molar-refractivity contribution in [1.29, 1.82) is 0 Å². The number of aromatic nitrogens is 1. The number of nitrogens with zero attached hydrogens (tertiary/aromatic N) is 2. The molecule has 0 saturated carbocycles. The number of nitrogens with one attached hydrogen (secondary N) is 2. The zero-order valence-electron chi connectivity index (χ0n) is 11.5. The van der Waals surface area contributed by atoms with Crippen LogP contribution in [-0.4, -0.2) is 38.6 Å². The first-order valence-corrected chi connectivity index (χ1v) is 6.10. The molecule has 1 amide bonds. The maximum absolute atomic E-state index is 11.5. The Bertz CT molecular complexity index is 377. The number of anilines is 1. The summed E-state index contributed by atoms with van der Waals surface area (Å²) in [6, 6.07) is 4.02. The van der Waals surface area contributed by atoms with Crippen molar-refractivity contribution in [2.45, 2.75) is 13.5 Å². The number of rotatable bonds is 6. The Hall–Kier alpha value is -1.62. The first kappa shape index (κ1) is 14.4. The second-order valence-corrected chi connectivity index (χ2v) is 4.45. The van der Waals surface area contributed by atoms with Crippen molar-refractivity contribution >= 4 is 11.7 Å². The number of hydrogen-bond donors (Lipinski definition) is 2. The quantitative estimate of drug-likeness (QED) is 0.777. The Morgan fingerprint density at radius 2 is 2.17 bits per heavy atom. The third-order valence-corrected chi connectivity index (χ3v) is 2.82. The van der Waals surface area contributed by atoms with Gasteiger partial charge in [-0.1, -0.05) is 13.0 Å². The van der Waals surface area contributed by atoms with Crippen LogP contribution in [0.25, 0.3) is 0 Å². The van der Waals surface area contributed by atoms with Crippen LogP contribution in [0.3, 0.4) is 0 Å². The maximum Gasteiger partial charge on any atom is 0.224 e. The Labute approximate surface area is 109 Å². The number of amides is 1. The van der Waals surface area contributed by atoms with E-state index in [0.717, 1.165) is 17.9 Å². The molecule has 0 aliphatic heterocycles. The van der Waals surface area contributed by atoms with E-state index in [4.69, 9.17) is 0 Å². The lowest BCUT2D eigenvalue weighted by atomic mass is 10.1. The number of carbonyl (C=O) groups is 1. The summed E-state index contributed by atoms with van der Waals surface area (Å²) < 4.78 is 0. The van der Waals surface area contributed by atoms with E-state index in [1.54, 1.807) is 7.05 Å². The van der Waals surface area contributed by atoms with E-state index in [1.807, 2.05) is 44.2 Å². The Kier molecular flexibility index (Phi) is 5.58. The van der Waals surface area contributed by atoms with Crippen molar-refractivity contribution in [3.8, 4) is 0 Å². The summed E-state index contributed by atoms with van der Waals surface area (Å²) in [5.74, 6) is 0.873. The summed E-state index contributed by atoms with van der Waals surface area (Å²) >= 11 is 0. The molecule has 5 heteroatoms. The second kappa shape index (κ2) is 6.96. The van der Waals surface area contributed by atoms with Gasteiger partial charge in [-0.3, -0.25) is 4.79 Å². The summed E-state index contributed by atoms with van der Waals surface area (Å²) in [5, 5.41) is 5.73. The van der Waals surface area contributed by atoms with Crippen molar-refractivity contribution in [1.82, 2.24) is 15.6 Å². The highest BCUT2D eigenvalue weighted by molar-refractivity contribution is 5.78. The standard InChI is InChI=1S/C13H22N4O/c1-10(13(18)15-3)9-17(4)12-6-5-11(7-14-2)8-16-12/h5-6,8,10,14H,7,9H2,1-4H3,(H,15,18). The molecule has 0 aromatic carbocycles. The van der Waals surface area contributed by atoms with Gasteiger partial charge < -0.3 is 15.5 Å². The Morgan fingerprint density at radius 3 is 2.67 bits per heavy atom. The summed E-state index contributed by atoms with van der Waals surface area (Å²) in [5.41, 5.74) is 1.15. The van der Waals surface area contributed by atoms with E-state index in [0.29, 0.717) is 6.54 Å². The number of hydrogen-bond acceptors (Lipinski definition) is 4.